The lowest BCUT2D eigenvalue weighted by molar-refractivity contribution is 0.0411. The molecule has 0 aromatic carbocycles. The van der Waals surface area contributed by atoms with E-state index in [-0.39, 0.29) is 0 Å². The standard InChI is InChI=1S/C9H18FNO3/c1-6(7(12)5-10)11-8(13)14-9(2,3)4/h6-7,12H,5H2,1-4H3,(H,11,13). The Bertz CT molecular complexity index is 191. The first-order valence-corrected chi connectivity index (χ1v) is 4.50. The smallest absolute Gasteiger partial charge is 0.407 e. The Morgan fingerprint density at radius 1 is 1.57 bits per heavy atom. The van der Waals surface area contributed by atoms with Crippen LogP contribution in [-0.4, -0.2) is 35.6 Å². The number of hydrogen-bond acceptors (Lipinski definition) is 3. The molecule has 14 heavy (non-hydrogen) atoms. The second kappa shape index (κ2) is 5.14. The number of amides is 1. The van der Waals surface area contributed by atoms with Crippen molar-refractivity contribution in [3.63, 3.8) is 0 Å². The van der Waals surface area contributed by atoms with Crippen LogP contribution in [0.15, 0.2) is 0 Å². The van der Waals surface area contributed by atoms with E-state index in [1.54, 1.807) is 20.8 Å². The van der Waals surface area contributed by atoms with E-state index in [2.05, 4.69) is 5.32 Å². The van der Waals surface area contributed by atoms with Gasteiger partial charge in [0.15, 0.2) is 0 Å². The number of hydrogen-bond donors (Lipinski definition) is 2. The van der Waals surface area contributed by atoms with E-state index in [1.165, 1.54) is 6.92 Å². The average molecular weight is 207 g/mol. The van der Waals surface area contributed by atoms with Crippen molar-refractivity contribution in [1.82, 2.24) is 5.32 Å². The second-order valence-corrected chi connectivity index (χ2v) is 4.16. The van der Waals surface area contributed by atoms with Crippen LogP contribution in [0.25, 0.3) is 0 Å². The van der Waals surface area contributed by atoms with Gasteiger partial charge in [0.05, 0.1) is 6.04 Å². The monoisotopic (exact) mass is 207 g/mol. The van der Waals surface area contributed by atoms with Gasteiger partial charge in [-0.2, -0.15) is 0 Å². The summed E-state index contributed by atoms with van der Waals surface area (Å²) in [6.45, 7) is 5.79. The fourth-order valence-corrected chi connectivity index (χ4v) is 0.723. The predicted molar refractivity (Wildman–Crippen MR) is 50.8 cm³/mol. The van der Waals surface area contributed by atoms with E-state index < -0.39 is 30.5 Å². The van der Waals surface area contributed by atoms with E-state index in [9.17, 15) is 9.18 Å². The third-order valence-electron chi connectivity index (χ3n) is 1.48. The lowest BCUT2D eigenvalue weighted by Crippen LogP contribution is -2.44. The van der Waals surface area contributed by atoms with E-state index in [1.807, 2.05) is 0 Å². The second-order valence-electron chi connectivity index (χ2n) is 4.16. The van der Waals surface area contributed by atoms with Gasteiger partial charge in [-0.05, 0) is 27.7 Å². The number of alkyl carbamates (subject to hydrolysis) is 1. The molecule has 2 unspecified atom stereocenters. The highest BCUT2D eigenvalue weighted by molar-refractivity contribution is 5.68. The topological polar surface area (TPSA) is 58.6 Å². The number of alkyl halides is 1. The van der Waals surface area contributed by atoms with Crippen LogP contribution in [0.3, 0.4) is 0 Å². The maximum Gasteiger partial charge on any atom is 0.407 e. The van der Waals surface area contributed by atoms with Gasteiger partial charge in [-0.1, -0.05) is 0 Å². The summed E-state index contributed by atoms with van der Waals surface area (Å²) in [7, 11) is 0. The molecular formula is C9H18FNO3. The normalized spacial score (nSPS) is 15.9. The summed E-state index contributed by atoms with van der Waals surface area (Å²) in [5, 5.41) is 11.4. The predicted octanol–water partition coefficient (Wildman–Crippen LogP) is 1.23. The third kappa shape index (κ3) is 5.75. The first-order chi connectivity index (χ1) is 6.26. The summed E-state index contributed by atoms with van der Waals surface area (Å²) in [6, 6.07) is -0.658. The van der Waals surface area contributed by atoms with Gasteiger partial charge < -0.3 is 15.2 Å². The maximum atomic E-state index is 12.0. The van der Waals surface area contributed by atoms with E-state index in [4.69, 9.17) is 9.84 Å². The van der Waals surface area contributed by atoms with Gasteiger partial charge >= 0.3 is 6.09 Å². The summed E-state index contributed by atoms with van der Waals surface area (Å²) >= 11 is 0. The van der Waals surface area contributed by atoms with E-state index in [0.717, 1.165) is 0 Å². The highest BCUT2D eigenvalue weighted by atomic mass is 19.1. The fraction of sp³-hybridized carbons (Fsp3) is 0.889. The Balaban J connectivity index is 3.95. The number of carbonyl (C=O) groups excluding carboxylic acids is 1. The minimum atomic E-state index is -1.19. The van der Waals surface area contributed by atoms with Crippen LogP contribution in [0.2, 0.25) is 0 Å². The van der Waals surface area contributed by atoms with Gasteiger partial charge in [0.2, 0.25) is 0 Å². The van der Waals surface area contributed by atoms with Gasteiger partial charge in [0.25, 0.3) is 0 Å². The molecule has 5 heteroatoms. The van der Waals surface area contributed by atoms with Crippen molar-refractivity contribution >= 4 is 6.09 Å². The Morgan fingerprint density at radius 3 is 2.43 bits per heavy atom. The van der Waals surface area contributed by atoms with E-state index >= 15 is 0 Å². The molecule has 0 bridgehead atoms. The molecule has 84 valence electrons. The van der Waals surface area contributed by atoms with Crippen molar-refractivity contribution in [2.45, 2.75) is 45.4 Å². The molecule has 0 aliphatic heterocycles. The number of aliphatic hydroxyl groups is 1. The van der Waals surface area contributed by atoms with Gasteiger partial charge in [-0.3, -0.25) is 0 Å². The van der Waals surface area contributed by atoms with Crippen molar-refractivity contribution in [2.75, 3.05) is 6.67 Å². The summed E-state index contributed by atoms with van der Waals surface area (Å²) in [6.07, 6.45) is -1.85. The quantitative estimate of drug-likeness (QED) is 0.731. The molecule has 0 saturated heterocycles. The molecule has 0 aliphatic carbocycles. The van der Waals surface area contributed by atoms with Crippen molar-refractivity contribution < 1.29 is 19.0 Å². The number of aliphatic hydroxyl groups excluding tert-OH is 1. The molecule has 0 spiro atoms. The zero-order valence-electron chi connectivity index (χ0n) is 9.00. The molecule has 0 aromatic heterocycles. The highest BCUT2D eigenvalue weighted by Crippen LogP contribution is 2.07. The molecule has 4 nitrogen and oxygen atoms in total. The van der Waals surface area contributed by atoms with Crippen LogP contribution < -0.4 is 5.32 Å². The van der Waals surface area contributed by atoms with Crippen LogP contribution >= 0.6 is 0 Å². The molecule has 0 fully saturated rings. The summed E-state index contributed by atoms with van der Waals surface area (Å²) in [4.78, 5) is 11.1. The molecule has 2 atom stereocenters. The minimum Gasteiger partial charge on any atom is -0.444 e. The van der Waals surface area contributed by atoms with Crippen molar-refractivity contribution in [2.24, 2.45) is 0 Å². The molecular weight excluding hydrogens is 189 g/mol. The fourth-order valence-electron chi connectivity index (χ4n) is 0.723. The molecule has 0 heterocycles. The number of rotatable bonds is 3. The molecule has 1 amide bonds. The van der Waals surface area contributed by atoms with Crippen LogP contribution in [0, 0.1) is 0 Å². The molecule has 0 rings (SSSR count). The van der Waals surface area contributed by atoms with Gasteiger partial charge in [-0.25, -0.2) is 9.18 Å². The van der Waals surface area contributed by atoms with Crippen molar-refractivity contribution in [1.29, 1.82) is 0 Å². The van der Waals surface area contributed by atoms with Crippen molar-refractivity contribution in [3.8, 4) is 0 Å². The number of halogens is 1. The number of nitrogens with one attached hydrogen (secondary N) is 1. The summed E-state index contributed by atoms with van der Waals surface area (Å²) < 4.78 is 16.9. The van der Waals surface area contributed by atoms with Crippen molar-refractivity contribution in [3.05, 3.63) is 0 Å². The largest absolute Gasteiger partial charge is 0.444 e. The Kier molecular flexibility index (Phi) is 4.83. The number of ether oxygens (including phenoxy) is 1. The lowest BCUT2D eigenvalue weighted by atomic mass is 10.2. The Labute approximate surface area is 83.4 Å². The molecule has 2 N–H and O–H groups in total. The molecule has 0 aliphatic rings. The zero-order chi connectivity index (χ0) is 11.4. The lowest BCUT2D eigenvalue weighted by Gasteiger charge is -2.23. The Hall–Kier alpha value is -0.840. The maximum absolute atomic E-state index is 12.0. The van der Waals surface area contributed by atoms with Crippen LogP contribution in [0.1, 0.15) is 27.7 Å². The minimum absolute atomic E-state index is 0.593. The average Bonchev–Trinajstić information content (AvgIpc) is 1.99. The molecule has 0 aromatic rings. The van der Waals surface area contributed by atoms with Crippen LogP contribution in [0.5, 0.6) is 0 Å². The summed E-state index contributed by atoms with van der Waals surface area (Å²) in [5.41, 5.74) is -0.593. The van der Waals surface area contributed by atoms with Gasteiger partial charge in [-0.15, -0.1) is 0 Å². The first kappa shape index (κ1) is 13.2. The van der Waals surface area contributed by atoms with Gasteiger partial charge in [0.1, 0.15) is 18.4 Å². The van der Waals surface area contributed by atoms with E-state index in [0.29, 0.717) is 0 Å². The van der Waals surface area contributed by atoms with Gasteiger partial charge in [0, 0.05) is 0 Å². The highest BCUT2D eigenvalue weighted by Gasteiger charge is 2.20. The summed E-state index contributed by atoms with van der Waals surface area (Å²) in [5.74, 6) is 0. The van der Waals surface area contributed by atoms with Crippen LogP contribution in [0.4, 0.5) is 9.18 Å². The first-order valence-electron chi connectivity index (χ1n) is 4.50. The third-order valence-corrected chi connectivity index (χ3v) is 1.48. The molecule has 0 radical (unpaired) electrons. The SMILES string of the molecule is CC(NC(=O)OC(C)(C)C)C(O)CF. The number of carbonyl (C=O) groups is 1. The zero-order valence-corrected chi connectivity index (χ0v) is 9.00. The molecule has 0 saturated carbocycles. The van der Waals surface area contributed by atoms with Crippen LogP contribution in [-0.2, 0) is 4.74 Å². The Morgan fingerprint density at radius 2 is 2.07 bits per heavy atom.